The number of hydrogen-bond donors (Lipinski definition) is 2. The van der Waals surface area contributed by atoms with Crippen molar-refractivity contribution >= 4 is 85.7 Å². The lowest BCUT2D eigenvalue weighted by Gasteiger charge is -2.13. The first kappa shape index (κ1) is 31.8. The van der Waals surface area contributed by atoms with Crippen LogP contribution in [0.5, 0.6) is 5.75 Å². The van der Waals surface area contributed by atoms with Gasteiger partial charge in [-0.15, -0.1) is 0 Å². The van der Waals surface area contributed by atoms with Crippen LogP contribution in [0.1, 0.15) is 27.0 Å². The first-order chi connectivity index (χ1) is 20.4. The number of hydrogen-bond acceptors (Lipinski definition) is 8. The summed E-state index contributed by atoms with van der Waals surface area (Å²) in [6.45, 7) is 3.21. The van der Waals surface area contributed by atoms with Gasteiger partial charge in [0, 0.05) is 10.2 Å². The van der Waals surface area contributed by atoms with Crippen molar-refractivity contribution in [1.82, 2.24) is 4.90 Å². The zero-order valence-electron chi connectivity index (χ0n) is 23.2. The molecule has 4 rings (SSSR count). The minimum atomic E-state index is -0.677. The van der Waals surface area contributed by atoms with E-state index in [0.717, 1.165) is 20.5 Å². The van der Waals surface area contributed by atoms with Gasteiger partial charge in [0.15, 0.2) is 6.61 Å². The number of rotatable bonds is 9. The van der Waals surface area contributed by atoms with E-state index in [0.29, 0.717) is 28.8 Å². The van der Waals surface area contributed by atoms with E-state index < -0.39 is 29.6 Å². The number of methoxy groups -OCH3 is 1. The van der Waals surface area contributed by atoms with Crippen molar-refractivity contribution in [1.29, 1.82) is 0 Å². The summed E-state index contributed by atoms with van der Waals surface area (Å²) in [6, 6.07) is 14.7. The van der Waals surface area contributed by atoms with Crippen LogP contribution >= 0.6 is 39.3 Å². The Morgan fingerprint density at radius 2 is 1.67 bits per heavy atom. The number of thioether (sulfide) groups is 1. The molecule has 1 aliphatic heterocycles. The summed E-state index contributed by atoms with van der Waals surface area (Å²) in [7, 11) is 1.20. The molecule has 4 amide bonds. The summed E-state index contributed by atoms with van der Waals surface area (Å²) in [5, 5.41) is 4.90. The van der Waals surface area contributed by atoms with E-state index in [1.165, 1.54) is 31.4 Å². The summed E-state index contributed by atoms with van der Waals surface area (Å²) >= 11 is 10.2. The summed E-state index contributed by atoms with van der Waals surface area (Å²) in [5.41, 5.74) is 3.71. The van der Waals surface area contributed by atoms with Gasteiger partial charge < -0.3 is 20.1 Å². The lowest BCUT2D eigenvalue weighted by Crippen LogP contribution is -2.36. The summed E-state index contributed by atoms with van der Waals surface area (Å²) in [5.74, 6) is -1.83. The van der Waals surface area contributed by atoms with Gasteiger partial charge in [-0.3, -0.25) is 24.1 Å². The minimum absolute atomic E-state index is 0.0568. The number of imide groups is 1. The Labute approximate surface area is 264 Å². The van der Waals surface area contributed by atoms with E-state index in [4.69, 9.17) is 16.3 Å². The van der Waals surface area contributed by atoms with Crippen molar-refractivity contribution < 1.29 is 33.4 Å². The third kappa shape index (κ3) is 8.04. The minimum Gasteiger partial charge on any atom is -0.484 e. The molecule has 222 valence electrons. The fourth-order valence-corrected chi connectivity index (χ4v) is 5.46. The van der Waals surface area contributed by atoms with Crippen LogP contribution in [0.25, 0.3) is 6.08 Å². The van der Waals surface area contributed by atoms with E-state index in [9.17, 15) is 24.0 Å². The average Bonchev–Trinajstić information content (AvgIpc) is 3.23. The Kier molecular flexibility index (Phi) is 10.3. The molecule has 0 atom stereocenters. The number of esters is 1. The molecule has 3 aromatic carbocycles. The van der Waals surface area contributed by atoms with Crippen molar-refractivity contribution in [3.8, 4) is 5.75 Å². The molecular weight excluding hydrogens is 662 g/mol. The maximum atomic E-state index is 12.9. The highest BCUT2D eigenvalue weighted by Crippen LogP contribution is 2.32. The second kappa shape index (κ2) is 13.9. The van der Waals surface area contributed by atoms with E-state index in [1.807, 2.05) is 26.0 Å². The smallest absolute Gasteiger partial charge is 0.339 e. The molecule has 0 bridgehead atoms. The highest BCUT2D eigenvalue weighted by Gasteiger charge is 2.36. The Morgan fingerprint density at radius 3 is 2.37 bits per heavy atom. The summed E-state index contributed by atoms with van der Waals surface area (Å²) in [6.07, 6.45) is 1.53. The van der Waals surface area contributed by atoms with Gasteiger partial charge in [0.05, 0.1) is 28.3 Å². The van der Waals surface area contributed by atoms with Crippen LogP contribution in [0.3, 0.4) is 0 Å². The Morgan fingerprint density at radius 1 is 0.977 bits per heavy atom. The van der Waals surface area contributed by atoms with Gasteiger partial charge in [-0.25, -0.2) is 4.79 Å². The largest absolute Gasteiger partial charge is 0.484 e. The third-order valence-corrected chi connectivity index (χ3v) is 8.13. The molecule has 1 fully saturated rings. The molecule has 0 aliphatic carbocycles. The second-order valence-corrected chi connectivity index (χ2v) is 11.6. The molecule has 0 saturated carbocycles. The molecule has 43 heavy (non-hydrogen) atoms. The van der Waals surface area contributed by atoms with Crippen LogP contribution in [0.4, 0.5) is 16.2 Å². The number of nitrogens with zero attached hydrogens (tertiary/aromatic N) is 1. The molecular formula is C30H25BrClN3O7S. The number of halogens is 2. The van der Waals surface area contributed by atoms with Gasteiger partial charge >= 0.3 is 5.97 Å². The van der Waals surface area contributed by atoms with Crippen LogP contribution in [-0.2, 0) is 19.1 Å². The Bertz CT molecular complexity index is 1660. The maximum Gasteiger partial charge on any atom is 0.339 e. The van der Waals surface area contributed by atoms with Crippen molar-refractivity contribution in [2.75, 3.05) is 30.9 Å². The van der Waals surface area contributed by atoms with Crippen molar-refractivity contribution in [3.05, 3.63) is 91.3 Å². The average molecular weight is 687 g/mol. The number of nitrogens with one attached hydrogen (secondary N) is 2. The van der Waals surface area contributed by atoms with Crippen LogP contribution in [0, 0.1) is 13.8 Å². The van der Waals surface area contributed by atoms with Crippen LogP contribution in [-0.4, -0.2) is 54.1 Å². The van der Waals surface area contributed by atoms with Gasteiger partial charge in [-0.1, -0.05) is 23.7 Å². The predicted octanol–water partition coefficient (Wildman–Crippen LogP) is 6.20. The molecule has 0 unspecified atom stereocenters. The molecule has 1 aliphatic rings. The molecule has 0 radical (unpaired) electrons. The first-order valence-corrected chi connectivity index (χ1v) is 14.7. The second-order valence-electron chi connectivity index (χ2n) is 9.32. The van der Waals surface area contributed by atoms with Crippen LogP contribution in [0.2, 0.25) is 5.02 Å². The zero-order valence-corrected chi connectivity index (χ0v) is 26.3. The first-order valence-electron chi connectivity index (χ1n) is 12.7. The van der Waals surface area contributed by atoms with E-state index in [1.54, 1.807) is 24.3 Å². The third-order valence-electron chi connectivity index (χ3n) is 6.24. The monoisotopic (exact) mass is 685 g/mol. The number of carbonyl (C=O) groups is 5. The number of carbonyl (C=O) groups excluding carboxylic acids is 5. The predicted molar refractivity (Wildman–Crippen MR) is 168 cm³/mol. The molecule has 2 N–H and O–H groups in total. The van der Waals surface area contributed by atoms with Crippen molar-refractivity contribution in [2.24, 2.45) is 0 Å². The SMILES string of the molecule is COC(=O)c1cc(NC(=O)CN2C(=O)S/C(=C/c3ccc(OCC(=O)Nc4cc(C)c(C)cc4Br)cc3)C2=O)ccc1Cl. The van der Waals surface area contributed by atoms with Crippen LogP contribution < -0.4 is 15.4 Å². The van der Waals surface area contributed by atoms with Crippen molar-refractivity contribution in [3.63, 3.8) is 0 Å². The molecule has 1 saturated heterocycles. The lowest BCUT2D eigenvalue weighted by molar-refractivity contribution is -0.127. The standard InChI is InChI=1S/C30H25BrClN3O7S/c1-16-10-22(31)24(11-17(16)2)34-27(37)15-42-20-7-4-18(5-8-20)12-25-28(38)35(30(40)43-25)14-26(36)33-19-6-9-23(32)21(13-19)29(39)41-3/h4-13H,14-15H2,1-3H3,(H,33,36)(H,34,37)/b25-12+. The van der Waals surface area contributed by atoms with Crippen molar-refractivity contribution in [2.45, 2.75) is 13.8 Å². The number of amides is 4. The van der Waals surface area contributed by atoms with E-state index in [-0.39, 0.29) is 33.7 Å². The molecule has 13 heteroatoms. The van der Waals surface area contributed by atoms with Gasteiger partial charge in [0.1, 0.15) is 12.3 Å². The number of aryl methyl sites for hydroxylation is 2. The molecule has 0 spiro atoms. The van der Waals surface area contributed by atoms with Gasteiger partial charge in [0.2, 0.25) is 5.91 Å². The fourth-order valence-electron chi connectivity index (χ4n) is 3.87. The van der Waals surface area contributed by atoms with E-state index >= 15 is 0 Å². The van der Waals surface area contributed by atoms with Crippen LogP contribution in [0.15, 0.2) is 64.0 Å². The number of ether oxygens (including phenoxy) is 2. The fraction of sp³-hybridized carbons (Fsp3) is 0.167. The van der Waals surface area contributed by atoms with E-state index in [2.05, 4.69) is 31.3 Å². The normalized spacial score (nSPS) is 13.7. The zero-order chi connectivity index (χ0) is 31.3. The topological polar surface area (TPSA) is 131 Å². The number of benzene rings is 3. The molecule has 3 aromatic rings. The summed E-state index contributed by atoms with van der Waals surface area (Å²) in [4.78, 5) is 63.1. The summed E-state index contributed by atoms with van der Waals surface area (Å²) < 4.78 is 11.0. The van der Waals surface area contributed by atoms with Gasteiger partial charge in [0.25, 0.3) is 17.1 Å². The highest BCUT2D eigenvalue weighted by atomic mass is 79.9. The van der Waals surface area contributed by atoms with Gasteiger partial charge in [-0.05, 0) is 107 Å². The molecule has 1 heterocycles. The number of anilines is 2. The van der Waals surface area contributed by atoms with Gasteiger partial charge in [-0.2, -0.15) is 0 Å². The molecule has 0 aromatic heterocycles. The quantitative estimate of drug-likeness (QED) is 0.201. The lowest BCUT2D eigenvalue weighted by atomic mass is 10.1. The Hall–Kier alpha value is -4.13. The maximum absolute atomic E-state index is 12.9. The highest BCUT2D eigenvalue weighted by molar-refractivity contribution is 9.10. The Balaban J connectivity index is 1.32. The molecule has 10 nitrogen and oxygen atoms in total.